The number of carbonyl (C=O) groups is 1. The third-order valence-electron chi connectivity index (χ3n) is 6.34. The van der Waals surface area contributed by atoms with Crippen molar-refractivity contribution >= 4 is 6.03 Å². The molecule has 1 aromatic heterocycles. The molecule has 0 spiro atoms. The number of fused-ring (bicyclic) bond motifs is 1. The average molecular weight is 427 g/mol. The minimum atomic E-state index is -0.136. The monoisotopic (exact) mass is 426 g/mol. The summed E-state index contributed by atoms with van der Waals surface area (Å²) in [6.45, 7) is 4.23. The van der Waals surface area contributed by atoms with Crippen molar-refractivity contribution in [1.82, 2.24) is 30.3 Å². The number of amides is 2. The highest BCUT2D eigenvalue weighted by atomic mass is 16.5. The van der Waals surface area contributed by atoms with Crippen molar-refractivity contribution in [2.45, 2.75) is 57.5 Å². The number of hydrogen-bond donors (Lipinski definition) is 2. The van der Waals surface area contributed by atoms with E-state index in [2.05, 4.69) is 42.4 Å². The number of urea groups is 1. The molecule has 1 saturated heterocycles. The van der Waals surface area contributed by atoms with Crippen LogP contribution in [0.25, 0.3) is 0 Å². The summed E-state index contributed by atoms with van der Waals surface area (Å²) in [5, 5.41) is 14.7. The molecular weight excluding hydrogens is 392 g/mol. The maximum Gasteiger partial charge on any atom is 0.314 e. The SMILES string of the molecule is COc1cccc(C(CNC(=O)NCCc2nnc3n2CCCCC3)N2CCCC2)c1. The summed E-state index contributed by atoms with van der Waals surface area (Å²) in [4.78, 5) is 14.9. The molecule has 2 amide bonds. The maximum absolute atomic E-state index is 12.5. The summed E-state index contributed by atoms with van der Waals surface area (Å²) < 4.78 is 7.63. The van der Waals surface area contributed by atoms with Crippen LogP contribution in [-0.2, 0) is 19.4 Å². The fraction of sp³-hybridized carbons (Fsp3) is 0.609. The average Bonchev–Trinajstić information content (AvgIpc) is 3.39. The highest BCUT2D eigenvalue weighted by molar-refractivity contribution is 5.73. The van der Waals surface area contributed by atoms with Gasteiger partial charge in [0.15, 0.2) is 0 Å². The summed E-state index contributed by atoms with van der Waals surface area (Å²) in [7, 11) is 1.68. The second-order valence-corrected chi connectivity index (χ2v) is 8.42. The van der Waals surface area contributed by atoms with Gasteiger partial charge in [-0.15, -0.1) is 10.2 Å². The number of likely N-dealkylation sites (tertiary alicyclic amines) is 1. The van der Waals surface area contributed by atoms with Gasteiger partial charge < -0.3 is 19.9 Å². The Morgan fingerprint density at radius 3 is 2.77 bits per heavy atom. The molecule has 1 atom stereocenters. The van der Waals surface area contributed by atoms with Crippen molar-refractivity contribution in [2.75, 3.05) is 33.3 Å². The number of carbonyl (C=O) groups excluding carboxylic acids is 1. The van der Waals surface area contributed by atoms with E-state index in [1.165, 1.54) is 37.7 Å². The van der Waals surface area contributed by atoms with Gasteiger partial charge in [0.05, 0.1) is 13.2 Å². The molecule has 8 heteroatoms. The van der Waals surface area contributed by atoms with Crippen LogP contribution in [0.5, 0.6) is 5.75 Å². The quantitative estimate of drug-likeness (QED) is 0.678. The molecule has 2 aliphatic heterocycles. The van der Waals surface area contributed by atoms with Crippen LogP contribution in [0.3, 0.4) is 0 Å². The first-order chi connectivity index (χ1) is 15.2. The number of rotatable bonds is 8. The second-order valence-electron chi connectivity index (χ2n) is 8.42. The van der Waals surface area contributed by atoms with E-state index < -0.39 is 0 Å². The number of ether oxygens (including phenoxy) is 1. The van der Waals surface area contributed by atoms with Gasteiger partial charge in [-0.2, -0.15) is 0 Å². The first-order valence-corrected chi connectivity index (χ1v) is 11.6. The molecular formula is C23H34N6O2. The van der Waals surface area contributed by atoms with Gasteiger partial charge in [0.1, 0.15) is 17.4 Å². The lowest BCUT2D eigenvalue weighted by Gasteiger charge is -2.28. The van der Waals surface area contributed by atoms with Crippen LogP contribution in [0.4, 0.5) is 4.79 Å². The standard InChI is InChI=1S/C23H34N6O2/c1-31-19-9-7-8-18(16-19)20(28-13-5-6-14-28)17-25-23(30)24-12-11-22-27-26-21-10-3-2-4-15-29(21)22/h7-9,16,20H,2-6,10-15,17H2,1H3,(H2,24,25,30). The highest BCUT2D eigenvalue weighted by Gasteiger charge is 2.24. The molecule has 1 unspecified atom stereocenters. The van der Waals surface area contributed by atoms with Crippen molar-refractivity contribution in [2.24, 2.45) is 0 Å². The van der Waals surface area contributed by atoms with Crippen molar-refractivity contribution in [3.05, 3.63) is 41.5 Å². The highest BCUT2D eigenvalue weighted by Crippen LogP contribution is 2.27. The van der Waals surface area contributed by atoms with E-state index in [1.54, 1.807) is 7.11 Å². The first-order valence-electron chi connectivity index (χ1n) is 11.6. The van der Waals surface area contributed by atoms with Gasteiger partial charge in [-0.1, -0.05) is 18.6 Å². The Morgan fingerprint density at radius 2 is 1.94 bits per heavy atom. The van der Waals surface area contributed by atoms with Gasteiger partial charge >= 0.3 is 6.03 Å². The molecule has 0 radical (unpaired) electrons. The normalized spacial score (nSPS) is 17.6. The molecule has 4 rings (SSSR count). The first kappa shape index (κ1) is 21.6. The lowest BCUT2D eigenvalue weighted by Crippen LogP contribution is -2.42. The minimum absolute atomic E-state index is 0.136. The molecule has 1 fully saturated rings. The lowest BCUT2D eigenvalue weighted by molar-refractivity contribution is 0.220. The molecule has 31 heavy (non-hydrogen) atoms. The minimum Gasteiger partial charge on any atom is -0.497 e. The Hall–Kier alpha value is -2.61. The number of aromatic nitrogens is 3. The number of methoxy groups -OCH3 is 1. The van der Waals surface area contributed by atoms with Crippen molar-refractivity contribution in [3.63, 3.8) is 0 Å². The number of aryl methyl sites for hydroxylation is 1. The van der Waals surface area contributed by atoms with Gasteiger partial charge in [-0.3, -0.25) is 4.90 Å². The molecule has 1 aromatic carbocycles. The van der Waals surface area contributed by atoms with Crippen LogP contribution < -0.4 is 15.4 Å². The summed E-state index contributed by atoms with van der Waals surface area (Å²) in [5.74, 6) is 2.91. The topological polar surface area (TPSA) is 84.3 Å². The zero-order chi connectivity index (χ0) is 21.5. The second kappa shape index (κ2) is 10.6. The molecule has 2 aliphatic rings. The molecule has 2 N–H and O–H groups in total. The van der Waals surface area contributed by atoms with Crippen LogP contribution in [0.15, 0.2) is 24.3 Å². The summed E-state index contributed by atoms with van der Waals surface area (Å²) >= 11 is 0. The lowest BCUT2D eigenvalue weighted by atomic mass is 10.1. The third kappa shape index (κ3) is 5.55. The fourth-order valence-corrected chi connectivity index (χ4v) is 4.63. The summed E-state index contributed by atoms with van der Waals surface area (Å²) in [6.07, 6.45) is 7.72. The third-order valence-corrected chi connectivity index (χ3v) is 6.34. The number of hydrogen-bond acceptors (Lipinski definition) is 5. The van der Waals surface area contributed by atoms with E-state index in [-0.39, 0.29) is 12.1 Å². The molecule has 0 saturated carbocycles. The van der Waals surface area contributed by atoms with Gasteiger partial charge in [0.2, 0.25) is 0 Å². The largest absolute Gasteiger partial charge is 0.497 e. The molecule has 8 nitrogen and oxygen atoms in total. The maximum atomic E-state index is 12.5. The zero-order valence-electron chi connectivity index (χ0n) is 18.5. The van der Waals surface area contributed by atoms with Crippen LogP contribution in [0.1, 0.15) is 55.4 Å². The van der Waals surface area contributed by atoms with E-state index in [4.69, 9.17) is 4.74 Å². The fourth-order valence-electron chi connectivity index (χ4n) is 4.63. The predicted molar refractivity (Wildman–Crippen MR) is 119 cm³/mol. The molecule has 168 valence electrons. The summed E-state index contributed by atoms with van der Waals surface area (Å²) in [6, 6.07) is 8.16. The van der Waals surface area contributed by atoms with E-state index in [1.807, 2.05) is 12.1 Å². The molecule has 2 aromatic rings. The Balaban J connectivity index is 1.29. The van der Waals surface area contributed by atoms with Gasteiger partial charge in [0, 0.05) is 32.5 Å². The molecule has 3 heterocycles. The van der Waals surface area contributed by atoms with Gasteiger partial charge in [0.25, 0.3) is 0 Å². The van der Waals surface area contributed by atoms with Crippen molar-refractivity contribution in [3.8, 4) is 5.75 Å². The molecule has 0 bridgehead atoms. The number of nitrogens with zero attached hydrogens (tertiary/aromatic N) is 4. The van der Waals surface area contributed by atoms with Crippen LogP contribution in [-0.4, -0.2) is 59.0 Å². The van der Waals surface area contributed by atoms with Crippen LogP contribution >= 0.6 is 0 Å². The molecule has 0 aliphatic carbocycles. The zero-order valence-corrected chi connectivity index (χ0v) is 18.5. The van der Waals surface area contributed by atoms with Gasteiger partial charge in [-0.05, 0) is 56.5 Å². The van der Waals surface area contributed by atoms with Crippen LogP contribution in [0, 0.1) is 0 Å². The van der Waals surface area contributed by atoms with E-state index in [9.17, 15) is 4.79 Å². The van der Waals surface area contributed by atoms with Crippen LogP contribution in [0.2, 0.25) is 0 Å². The van der Waals surface area contributed by atoms with E-state index >= 15 is 0 Å². The van der Waals surface area contributed by atoms with E-state index in [0.717, 1.165) is 43.5 Å². The Bertz CT molecular complexity index is 862. The summed E-state index contributed by atoms with van der Waals surface area (Å²) in [5.41, 5.74) is 1.17. The Labute approximate surface area is 184 Å². The number of benzene rings is 1. The number of nitrogens with one attached hydrogen (secondary N) is 2. The van der Waals surface area contributed by atoms with Crippen molar-refractivity contribution < 1.29 is 9.53 Å². The smallest absolute Gasteiger partial charge is 0.314 e. The Kier molecular flexibility index (Phi) is 7.40. The van der Waals surface area contributed by atoms with Crippen molar-refractivity contribution in [1.29, 1.82) is 0 Å². The Morgan fingerprint density at radius 1 is 1.10 bits per heavy atom. The van der Waals surface area contributed by atoms with E-state index in [0.29, 0.717) is 19.5 Å². The van der Waals surface area contributed by atoms with Gasteiger partial charge in [-0.25, -0.2) is 4.79 Å². The predicted octanol–water partition coefficient (Wildman–Crippen LogP) is 2.69.